The highest BCUT2D eigenvalue weighted by atomic mass is 16.3. The van der Waals surface area contributed by atoms with Crippen LogP contribution in [-0.4, -0.2) is 18.3 Å². The van der Waals surface area contributed by atoms with E-state index in [2.05, 4.69) is 36.1 Å². The van der Waals surface area contributed by atoms with E-state index >= 15 is 0 Å². The summed E-state index contributed by atoms with van der Waals surface area (Å²) in [6, 6.07) is 18.5. The fourth-order valence-corrected chi connectivity index (χ4v) is 2.52. The van der Waals surface area contributed by atoms with Gasteiger partial charge >= 0.3 is 0 Å². The highest BCUT2D eigenvalue weighted by Gasteiger charge is 2.14. The Kier molecular flexibility index (Phi) is 5.78. The van der Waals surface area contributed by atoms with Crippen LogP contribution in [0.3, 0.4) is 0 Å². The molecule has 0 radical (unpaired) electrons. The van der Waals surface area contributed by atoms with Gasteiger partial charge in [-0.3, -0.25) is 0 Å². The topological polar surface area (TPSA) is 49.5 Å². The summed E-state index contributed by atoms with van der Waals surface area (Å²) in [5.74, 6) is 0. The van der Waals surface area contributed by atoms with Crippen molar-refractivity contribution in [2.45, 2.75) is 25.9 Å². The van der Waals surface area contributed by atoms with E-state index in [1.165, 1.54) is 5.56 Å². The molecule has 112 valence electrons. The summed E-state index contributed by atoms with van der Waals surface area (Å²) >= 11 is 0. The van der Waals surface area contributed by atoms with Gasteiger partial charge in [-0.15, -0.1) is 0 Å². The van der Waals surface area contributed by atoms with E-state index in [0.717, 1.165) is 24.2 Å². The van der Waals surface area contributed by atoms with Gasteiger partial charge in [0.15, 0.2) is 0 Å². The van der Waals surface area contributed by atoms with Crippen molar-refractivity contribution < 1.29 is 5.11 Å². The van der Waals surface area contributed by atoms with Crippen LogP contribution in [0.15, 0.2) is 54.6 Å². The maximum atomic E-state index is 9.39. The van der Waals surface area contributed by atoms with Crippen LogP contribution in [0, 0.1) is 0 Å². The van der Waals surface area contributed by atoms with Crippen LogP contribution in [0.25, 0.3) is 0 Å². The van der Waals surface area contributed by atoms with Crippen molar-refractivity contribution in [1.29, 1.82) is 0 Å². The van der Waals surface area contributed by atoms with Gasteiger partial charge in [0.1, 0.15) is 0 Å². The number of anilines is 1. The monoisotopic (exact) mass is 284 g/mol. The third kappa shape index (κ3) is 4.06. The summed E-state index contributed by atoms with van der Waals surface area (Å²) in [6.07, 6.45) is 0.898. The first kappa shape index (κ1) is 15.5. The van der Waals surface area contributed by atoms with Crippen LogP contribution < -0.4 is 10.6 Å². The molecule has 0 bridgehead atoms. The van der Waals surface area contributed by atoms with Crippen molar-refractivity contribution >= 4 is 5.69 Å². The maximum Gasteiger partial charge on any atom is 0.0606 e. The molecule has 0 saturated heterocycles. The van der Waals surface area contributed by atoms with E-state index in [4.69, 9.17) is 5.73 Å². The number of aliphatic hydroxyl groups is 1. The van der Waals surface area contributed by atoms with E-state index in [0.29, 0.717) is 6.54 Å². The second-order valence-electron chi connectivity index (χ2n) is 5.20. The zero-order valence-electron chi connectivity index (χ0n) is 12.6. The van der Waals surface area contributed by atoms with E-state index in [-0.39, 0.29) is 12.6 Å². The van der Waals surface area contributed by atoms with E-state index in [9.17, 15) is 5.11 Å². The van der Waals surface area contributed by atoms with Gasteiger partial charge in [0.25, 0.3) is 0 Å². The van der Waals surface area contributed by atoms with Crippen LogP contribution in [0.4, 0.5) is 5.69 Å². The Hall–Kier alpha value is -1.84. The molecule has 3 N–H and O–H groups in total. The van der Waals surface area contributed by atoms with Gasteiger partial charge in [-0.05, 0) is 23.6 Å². The molecular formula is C18H24N2O. The first-order valence-electron chi connectivity index (χ1n) is 7.50. The highest BCUT2D eigenvalue weighted by molar-refractivity contribution is 5.55. The third-order valence-electron chi connectivity index (χ3n) is 3.70. The Labute approximate surface area is 127 Å². The predicted octanol–water partition coefficient (Wildman–Crippen LogP) is 3.10. The van der Waals surface area contributed by atoms with Gasteiger partial charge in [-0.1, -0.05) is 55.5 Å². The molecule has 0 spiro atoms. The van der Waals surface area contributed by atoms with Gasteiger partial charge < -0.3 is 15.7 Å². The lowest BCUT2D eigenvalue weighted by Crippen LogP contribution is -2.28. The molecular weight excluding hydrogens is 260 g/mol. The molecule has 1 atom stereocenters. The first-order valence-corrected chi connectivity index (χ1v) is 7.50. The Morgan fingerprint density at radius 3 is 2.38 bits per heavy atom. The second kappa shape index (κ2) is 7.81. The summed E-state index contributed by atoms with van der Waals surface area (Å²) in [7, 11) is 0. The smallest absolute Gasteiger partial charge is 0.0606 e. The lowest BCUT2D eigenvalue weighted by molar-refractivity contribution is 0.301. The van der Waals surface area contributed by atoms with E-state index < -0.39 is 0 Å². The number of nitrogens with two attached hydrogens (primary N) is 1. The molecule has 0 amide bonds. The number of nitrogens with zero attached hydrogens (tertiary/aromatic N) is 1. The molecule has 0 aliphatic carbocycles. The maximum absolute atomic E-state index is 9.39. The molecule has 2 rings (SSSR count). The van der Waals surface area contributed by atoms with E-state index in [1.807, 2.05) is 30.3 Å². The van der Waals surface area contributed by atoms with Gasteiger partial charge in [-0.2, -0.15) is 0 Å². The van der Waals surface area contributed by atoms with Crippen LogP contribution >= 0.6 is 0 Å². The summed E-state index contributed by atoms with van der Waals surface area (Å²) in [5.41, 5.74) is 9.72. The van der Waals surface area contributed by atoms with Crippen molar-refractivity contribution in [1.82, 2.24) is 0 Å². The average molecular weight is 284 g/mol. The van der Waals surface area contributed by atoms with Gasteiger partial charge in [0, 0.05) is 24.8 Å². The van der Waals surface area contributed by atoms with Crippen molar-refractivity contribution in [2.24, 2.45) is 5.73 Å². The Balaban J connectivity index is 2.30. The second-order valence-corrected chi connectivity index (χ2v) is 5.20. The minimum absolute atomic E-state index is 0.0261. The molecule has 3 nitrogen and oxygen atoms in total. The van der Waals surface area contributed by atoms with Crippen LogP contribution in [-0.2, 0) is 6.54 Å². The molecule has 2 aromatic carbocycles. The van der Waals surface area contributed by atoms with Crippen LogP contribution in [0.5, 0.6) is 0 Å². The lowest BCUT2D eigenvalue weighted by Gasteiger charge is -2.28. The van der Waals surface area contributed by atoms with Crippen molar-refractivity contribution in [3.8, 4) is 0 Å². The number of hydrogen-bond acceptors (Lipinski definition) is 3. The zero-order valence-corrected chi connectivity index (χ0v) is 12.6. The van der Waals surface area contributed by atoms with Crippen LogP contribution in [0.1, 0.15) is 30.5 Å². The number of para-hydroxylation sites is 1. The quantitative estimate of drug-likeness (QED) is 0.821. The number of aliphatic hydroxyl groups excluding tert-OH is 1. The fraction of sp³-hybridized carbons (Fsp3) is 0.333. The minimum Gasteiger partial charge on any atom is -0.395 e. The largest absolute Gasteiger partial charge is 0.395 e. The predicted molar refractivity (Wildman–Crippen MR) is 88.2 cm³/mol. The lowest BCUT2D eigenvalue weighted by atomic mass is 10.0. The normalized spacial score (nSPS) is 12.1. The minimum atomic E-state index is 0.0261. The molecule has 2 aromatic rings. The van der Waals surface area contributed by atoms with Crippen molar-refractivity contribution in [3.05, 3.63) is 65.7 Å². The van der Waals surface area contributed by atoms with Crippen molar-refractivity contribution in [3.63, 3.8) is 0 Å². The highest BCUT2D eigenvalue weighted by Crippen LogP contribution is 2.27. The van der Waals surface area contributed by atoms with Gasteiger partial charge in [0.2, 0.25) is 0 Å². The van der Waals surface area contributed by atoms with Crippen LogP contribution in [0.2, 0.25) is 0 Å². The Morgan fingerprint density at radius 1 is 1.05 bits per heavy atom. The number of hydrogen-bond donors (Lipinski definition) is 2. The average Bonchev–Trinajstić information content (AvgIpc) is 2.55. The van der Waals surface area contributed by atoms with Gasteiger partial charge in [0.05, 0.1) is 6.61 Å². The molecule has 0 aromatic heterocycles. The molecule has 0 aliphatic rings. The Bertz CT molecular complexity index is 542. The van der Waals surface area contributed by atoms with Gasteiger partial charge in [-0.25, -0.2) is 0 Å². The van der Waals surface area contributed by atoms with Crippen molar-refractivity contribution in [2.75, 3.05) is 18.1 Å². The fourth-order valence-electron chi connectivity index (χ4n) is 2.52. The molecule has 0 aliphatic heterocycles. The summed E-state index contributed by atoms with van der Waals surface area (Å²) in [6.45, 7) is 3.59. The summed E-state index contributed by atoms with van der Waals surface area (Å²) in [4.78, 5) is 2.19. The molecule has 1 unspecified atom stereocenters. The summed E-state index contributed by atoms with van der Waals surface area (Å²) in [5, 5.41) is 9.39. The summed E-state index contributed by atoms with van der Waals surface area (Å²) < 4.78 is 0. The SMILES string of the molecule is CCC(N)c1ccccc1N(CCO)Cc1ccccc1. The standard InChI is InChI=1S/C18H24N2O/c1-2-17(19)16-10-6-7-11-18(16)20(12-13-21)14-15-8-4-3-5-9-15/h3-11,17,21H,2,12-14,19H2,1H3. The first-order chi connectivity index (χ1) is 10.3. The number of rotatable bonds is 7. The third-order valence-corrected chi connectivity index (χ3v) is 3.70. The molecule has 3 heteroatoms. The molecule has 0 saturated carbocycles. The Morgan fingerprint density at radius 2 is 1.71 bits per heavy atom. The molecule has 0 fully saturated rings. The molecule has 0 heterocycles. The zero-order chi connectivity index (χ0) is 15.1. The van der Waals surface area contributed by atoms with E-state index in [1.54, 1.807) is 0 Å². The molecule has 21 heavy (non-hydrogen) atoms. The number of benzene rings is 2.